The van der Waals surface area contributed by atoms with Gasteiger partial charge in [0.05, 0.1) is 18.3 Å². The summed E-state index contributed by atoms with van der Waals surface area (Å²) in [6.45, 7) is 4.45. The van der Waals surface area contributed by atoms with Gasteiger partial charge in [-0.25, -0.2) is 0 Å². The van der Waals surface area contributed by atoms with E-state index in [1.54, 1.807) is 0 Å². The lowest BCUT2D eigenvalue weighted by atomic mass is 9.84. The Labute approximate surface area is 99.4 Å². The van der Waals surface area contributed by atoms with Crippen LogP contribution in [0.4, 0.5) is 0 Å². The van der Waals surface area contributed by atoms with Crippen LogP contribution in [-0.4, -0.2) is 23.4 Å². The van der Waals surface area contributed by atoms with E-state index < -0.39 is 0 Å². The highest BCUT2D eigenvalue weighted by Crippen LogP contribution is 2.32. The van der Waals surface area contributed by atoms with E-state index in [0.717, 1.165) is 19.3 Å². The van der Waals surface area contributed by atoms with Crippen LogP contribution in [-0.2, 0) is 4.74 Å². The van der Waals surface area contributed by atoms with Gasteiger partial charge in [0.1, 0.15) is 0 Å². The maximum Gasteiger partial charge on any atom is 0.0604 e. The van der Waals surface area contributed by atoms with Crippen LogP contribution in [0.25, 0.3) is 0 Å². The highest BCUT2D eigenvalue weighted by Gasteiger charge is 2.30. The Hall–Kier alpha value is -0.0800. The fourth-order valence-electron chi connectivity index (χ4n) is 3.12. The molecule has 2 aliphatic rings. The van der Waals surface area contributed by atoms with Gasteiger partial charge in [-0.15, -0.1) is 0 Å². The molecule has 16 heavy (non-hydrogen) atoms. The largest absolute Gasteiger partial charge is 0.393 e. The normalized spacial score (nSPS) is 45.6. The lowest BCUT2D eigenvalue weighted by molar-refractivity contribution is -0.0961. The van der Waals surface area contributed by atoms with Crippen molar-refractivity contribution < 1.29 is 9.84 Å². The van der Waals surface area contributed by atoms with Gasteiger partial charge in [-0.3, -0.25) is 0 Å². The van der Waals surface area contributed by atoms with E-state index in [4.69, 9.17) is 4.74 Å². The second-order valence-corrected chi connectivity index (χ2v) is 5.92. The number of hydrogen-bond acceptors (Lipinski definition) is 2. The summed E-state index contributed by atoms with van der Waals surface area (Å²) < 4.78 is 6.20. The lowest BCUT2D eigenvalue weighted by Gasteiger charge is -2.36. The van der Waals surface area contributed by atoms with Crippen molar-refractivity contribution in [3.63, 3.8) is 0 Å². The molecule has 0 radical (unpaired) electrons. The number of ether oxygens (including phenoxy) is 1. The molecule has 0 spiro atoms. The molecule has 0 aliphatic heterocycles. The van der Waals surface area contributed by atoms with Crippen molar-refractivity contribution in [3.8, 4) is 0 Å². The lowest BCUT2D eigenvalue weighted by Crippen LogP contribution is -2.37. The average Bonchev–Trinajstić information content (AvgIpc) is 2.27. The standard InChI is InChI=1S/C14H26O2/c1-10-7-8-12(9-13(10)15)16-14-6-4-3-5-11(14)2/h10-15H,3-9H2,1-2H3/t10-,11-,12?,13-,14+/m0/s1. The summed E-state index contributed by atoms with van der Waals surface area (Å²) in [6.07, 6.45) is 8.97. The summed E-state index contributed by atoms with van der Waals surface area (Å²) in [4.78, 5) is 0. The summed E-state index contributed by atoms with van der Waals surface area (Å²) in [5.74, 6) is 1.17. The van der Waals surface area contributed by atoms with Gasteiger partial charge in [-0.05, 0) is 43.9 Å². The molecule has 0 saturated heterocycles. The van der Waals surface area contributed by atoms with E-state index in [0.29, 0.717) is 24.0 Å². The molecule has 2 saturated carbocycles. The van der Waals surface area contributed by atoms with Gasteiger partial charge in [0.15, 0.2) is 0 Å². The third kappa shape index (κ3) is 2.98. The molecule has 94 valence electrons. The quantitative estimate of drug-likeness (QED) is 0.784. The molecule has 5 atom stereocenters. The van der Waals surface area contributed by atoms with Crippen LogP contribution in [0.5, 0.6) is 0 Å². The van der Waals surface area contributed by atoms with Gasteiger partial charge >= 0.3 is 0 Å². The maximum absolute atomic E-state index is 9.86. The smallest absolute Gasteiger partial charge is 0.0604 e. The molecule has 2 heteroatoms. The van der Waals surface area contributed by atoms with Crippen molar-refractivity contribution in [3.05, 3.63) is 0 Å². The Bertz CT molecular complexity index is 217. The van der Waals surface area contributed by atoms with Gasteiger partial charge in [-0.2, -0.15) is 0 Å². The second kappa shape index (κ2) is 5.50. The Morgan fingerprint density at radius 1 is 0.938 bits per heavy atom. The highest BCUT2D eigenvalue weighted by molar-refractivity contribution is 4.80. The van der Waals surface area contributed by atoms with Crippen LogP contribution < -0.4 is 0 Å². The molecule has 0 aromatic carbocycles. The third-order valence-electron chi connectivity index (χ3n) is 4.51. The van der Waals surface area contributed by atoms with Crippen LogP contribution in [0.15, 0.2) is 0 Å². The molecule has 0 heterocycles. The molecule has 2 rings (SSSR count). The number of aliphatic hydroxyl groups excluding tert-OH is 1. The van der Waals surface area contributed by atoms with Gasteiger partial charge in [-0.1, -0.05) is 26.7 Å². The Kier molecular flexibility index (Phi) is 4.26. The minimum absolute atomic E-state index is 0.141. The topological polar surface area (TPSA) is 29.5 Å². The fraction of sp³-hybridized carbons (Fsp3) is 1.00. The predicted molar refractivity (Wildman–Crippen MR) is 65.3 cm³/mol. The molecule has 0 amide bonds. The van der Waals surface area contributed by atoms with Crippen molar-refractivity contribution in [1.29, 1.82) is 0 Å². The van der Waals surface area contributed by atoms with Crippen LogP contribution >= 0.6 is 0 Å². The zero-order valence-corrected chi connectivity index (χ0v) is 10.7. The van der Waals surface area contributed by atoms with E-state index in [2.05, 4.69) is 13.8 Å². The first-order valence-corrected chi connectivity index (χ1v) is 7.00. The summed E-state index contributed by atoms with van der Waals surface area (Å²) in [6, 6.07) is 0. The fourth-order valence-corrected chi connectivity index (χ4v) is 3.12. The summed E-state index contributed by atoms with van der Waals surface area (Å²) in [5, 5.41) is 9.86. The van der Waals surface area contributed by atoms with E-state index >= 15 is 0 Å². The summed E-state index contributed by atoms with van der Waals surface area (Å²) in [5.41, 5.74) is 0. The average molecular weight is 226 g/mol. The first-order chi connectivity index (χ1) is 7.66. The van der Waals surface area contributed by atoms with Crippen molar-refractivity contribution in [1.82, 2.24) is 0 Å². The van der Waals surface area contributed by atoms with Crippen LogP contribution in [0, 0.1) is 11.8 Å². The van der Waals surface area contributed by atoms with Crippen LogP contribution in [0.3, 0.4) is 0 Å². The van der Waals surface area contributed by atoms with E-state index in [1.165, 1.54) is 25.7 Å². The van der Waals surface area contributed by atoms with Gasteiger partial charge < -0.3 is 9.84 Å². The van der Waals surface area contributed by atoms with Crippen LogP contribution in [0.2, 0.25) is 0 Å². The Balaban J connectivity index is 1.80. The van der Waals surface area contributed by atoms with Gasteiger partial charge in [0, 0.05) is 0 Å². The van der Waals surface area contributed by atoms with Crippen molar-refractivity contribution >= 4 is 0 Å². The second-order valence-electron chi connectivity index (χ2n) is 5.92. The first-order valence-electron chi connectivity index (χ1n) is 7.00. The molecule has 0 bridgehead atoms. The number of rotatable bonds is 2. The molecule has 1 N–H and O–H groups in total. The van der Waals surface area contributed by atoms with Crippen LogP contribution in [0.1, 0.15) is 58.8 Å². The summed E-state index contributed by atoms with van der Waals surface area (Å²) >= 11 is 0. The zero-order valence-electron chi connectivity index (χ0n) is 10.7. The minimum Gasteiger partial charge on any atom is -0.393 e. The highest BCUT2D eigenvalue weighted by atomic mass is 16.5. The Morgan fingerprint density at radius 2 is 1.69 bits per heavy atom. The minimum atomic E-state index is -0.141. The molecule has 0 aromatic heterocycles. The predicted octanol–water partition coefficient (Wildman–Crippen LogP) is 3.13. The van der Waals surface area contributed by atoms with Crippen molar-refractivity contribution in [2.75, 3.05) is 0 Å². The molecule has 1 unspecified atom stereocenters. The maximum atomic E-state index is 9.86. The molecular formula is C14H26O2. The number of hydrogen-bond donors (Lipinski definition) is 1. The molecule has 2 aliphatic carbocycles. The number of aliphatic hydroxyl groups is 1. The zero-order chi connectivity index (χ0) is 11.5. The van der Waals surface area contributed by atoms with E-state index in [1.807, 2.05) is 0 Å². The van der Waals surface area contributed by atoms with Gasteiger partial charge in [0.2, 0.25) is 0 Å². The van der Waals surface area contributed by atoms with E-state index in [9.17, 15) is 5.11 Å². The first kappa shape index (κ1) is 12.4. The molecule has 2 fully saturated rings. The Morgan fingerprint density at radius 3 is 2.38 bits per heavy atom. The molecule has 0 aromatic rings. The van der Waals surface area contributed by atoms with Crippen molar-refractivity contribution in [2.24, 2.45) is 11.8 Å². The third-order valence-corrected chi connectivity index (χ3v) is 4.51. The monoisotopic (exact) mass is 226 g/mol. The van der Waals surface area contributed by atoms with Crippen molar-refractivity contribution in [2.45, 2.75) is 77.1 Å². The molecular weight excluding hydrogens is 200 g/mol. The van der Waals surface area contributed by atoms with E-state index in [-0.39, 0.29) is 6.10 Å². The SMILES string of the molecule is C[C@H]1CCC(O[C@@H]2CCCC[C@@H]2C)C[C@@H]1O. The molecule has 2 nitrogen and oxygen atoms in total. The summed E-state index contributed by atoms with van der Waals surface area (Å²) in [7, 11) is 0. The van der Waals surface area contributed by atoms with Gasteiger partial charge in [0.25, 0.3) is 0 Å².